The minimum absolute atomic E-state index is 0.0127. The normalized spacial score (nSPS) is 20.0. The van der Waals surface area contributed by atoms with Crippen LogP contribution in [0.3, 0.4) is 0 Å². The van der Waals surface area contributed by atoms with Gasteiger partial charge in [-0.25, -0.2) is 4.79 Å². The van der Waals surface area contributed by atoms with Crippen molar-refractivity contribution >= 4 is 35.7 Å². The molecule has 0 saturated carbocycles. The van der Waals surface area contributed by atoms with E-state index in [1.807, 2.05) is 0 Å². The number of carbonyl (C=O) groups excluding carboxylic acids is 5. The van der Waals surface area contributed by atoms with E-state index in [0.717, 1.165) is 0 Å². The molecule has 0 bridgehead atoms. The Hall–Kier alpha value is -4.07. The van der Waals surface area contributed by atoms with Gasteiger partial charge in [0.1, 0.15) is 30.7 Å². The lowest BCUT2D eigenvalue weighted by molar-refractivity contribution is -0.155. The zero-order chi connectivity index (χ0) is 33.1. The van der Waals surface area contributed by atoms with Crippen LogP contribution in [-0.2, 0) is 38.1 Å². The monoisotopic (exact) mass is 629 g/mol. The average Bonchev–Trinajstić information content (AvgIpc) is 3.46. The second kappa shape index (κ2) is 16.3. The number of ether oxygens (including phenoxy) is 4. The zero-order valence-electron chi connectivity index (χ0n) is 26.4. The molecule has 13 heteroatoms. The minimum Gasteiger partial charge on any atom is -0.460 e. The maximum absolute atomic E-state index is 13.1. The lowest BCUT2D eigenvalue weighted by Crippen LogP contribution is -2.44. The Bertz CT molecular complexity index is 1300. The summed E-state index contributed by atoms with van der Waals surface area (Å²) < 4.78 is 22.2. The number of aliphatic hydroxyl groups is 1. The highest BCUT2D eigenvalue weighted by atomic mass is 16.7. The van der Waals surface area contributed by atoms with Gasteiger partial charge in [0, 0.05) is 51.6 Å². The number of hydrogen-bond acceptors (Lipinski definition) is 10. The molecule has 0 radical (unpaired) electrons. The van der Waals surface area contributed by atoms with Crippen molar-refractivity contribution in [2.45, 2.75) is 76.4 Å². The maximum Gasteiger partial charge on any atom is 0.338 e. The summed E-state index contributed by atoms with van der Waals surface area (Å²) in [5, 5.41) is 14.9. The van der Waals surface area contributed by atoms with Crippen LogP contribution < -0.4 is 10.6 Å². The molecular weight excluding hydrogens is 586 g/mol. The molecule has 1 aliphatic carbocycles. The Balaban J connectivity index is 1.52. The third kappa shape index (κ3) is 11.4. The lowest BCUT2D eigenvalue weighted by atomic mass is 9.91. The Labute approximate surface area is 262 Å². The highest BCUT2D eigenvalue weighted by molar-refractivity contribution is 5.95. The van der Waals surface area contributed by atoms with Crippen molar-refractivity contribution in [2.24, 2.45) is 0 Å². The van der Waals surface area contributed by atoms with Crippen LogP contribution in [0.5, 0.6) is 0 Å². The van der Waals surface area contributed by atoms with Gasteiger partial charge in [0.25, 0.3) is 0 Å². The number of fused-ring (bicyclic) bond motifs is 1. The average molecular weight is 630 g/mol. The van der Waals surface area contributed by atoms with Crippen molar-refractivity contribution in [3.8, 4) is 0 Å². The third-order valence-corrected chi connectivity index (χ3v) is 6.87. The van der Waals surface area contributed by atoms with E-state index in [1.54, 1.807) is 71.3 Å². The van der Waals surface area contributed by atoms with Crippen LogP contribution in [-0.4, -0.2) is 104 Å². The molecule has 1 saturated heterocycles. The van der Waals surface area contributed by atoms with Crippen molar-refractivity contribution in [1.82, 2.24) is 15.5 Å². The first-order valence-electron chi connectivity index (χ1n) is 14.8. The molecule has 4 unspecified atom stereocenters. The van der Waals surface area contributed by atoms with E-state index in [4.69, 9.17) is 18.9 Å². The summed E-state index contributed by atoms with van der Waals surface area (Å²) in [4.78, 5) is 63.7. The van der Waals surface area contributed by atoms with Crippen molar-refractivity contribution in [3.05, 3.63) is 53.1 Å². The maximum atomic E-state index is 13.1. The molecule has 246 valence electrons. The summed E-state index contributed by atoms with van der Waals surface area (Å²) in [7, 11) is 3.28. The number of likely N-dealkylation sites (N-methyl/N-ethyl adjacent to an activating group) is 1. The summed E-state index contributed by atoms with van der Waals surface area (Å²) in [6.07, 6.45) is 2.90. The molecule has 1 heterocycles. The van der Waals surface area contributed by atoms with E-state index >= 15 is 0 Å². The fraction of sp³-hybridized carbons (Fsp3) is 0.531. The molecule has 0 aromatic heterocycles. The molecule has 1 aromatic carbocycles. The number of nitrogens with one attached hydrogen (secondary N) is 2. The molecule has 1 aromatic rings. The molecule has 3 amide bonds. The second-order valence-electron chi connectivity index (χ2n) is 12.0. The van der Waals surface area contributed by atoms with Gasteiger partial charge >= 0.3 is 11.9 Å². The van der Waals surface area contributed by atoms with Crippen LogP contribution in [0, 0.1) is 0 Å². The minimum atomic E-state index is -0.802. The highest BCUT2D eigenvalue weighted by Crippen LogP contribution is 2.31. The molecule has 13 nitrogen and oxygen atoms in total. The van der Waals surface area contributed by atoms with E-state index in [9.17, 15) is 29.1 Å². The smallest absolute Gasteiger partial charge is 0.338 e. The molecule has 0 spiro atoms. The van der Waals surface area contributed by atoms with E-state index in [1.165, 1.54) is 11.0 Å². The SMILES string of the molecule is CN(C)C(=O)C=Cc1cccc(C(=O)OC2CC(C(=O)NCCC(=O)NC(CO)CCC(=O)OC(C)(C)C)=CC3OCOC32)c1. The number of carbonyl (C=O) groups is 5. The van der Waals surface area contributed by atoms with Crippen LogP contribution in [0.15, 0.2) is 42.0 Å². The fourth-order valence-electron chi connectivity index (χ4n) is 4.61. The molecule has 45 heavy (non-hydrogen) atoms. The fourth-order valence-corrected chi connectivity index (χ4v) is 4.61. The van der Waals surface area contributed by atoms with Crippen molar-refractivity contribution < 1.29 is 48.0 Å². The number of amides is 3. The topological polar surface area (TPSA) is 170 Å². The van der Waals surface area contributed by atoms with Crippen LogP contribution in [0.4, 0.5) is 0 Å². The first kappa shape index (κ1) is 35.4. The number of rotatable bonds is 13. The first-order valence-corrected chi connectivity index (χ1v) is 14.8. The van der Waals surface area contributed by atoms with Crippen LogP contribution in [0.1, 0.15) is 62.4 Å². The van der Waals surface area contributed by atoms with Gasteiger partial charge in [0.15, 0.2) is 0 Å². The van der Waals surface area contributed by atoms with E-state index < -0.39 is 53.7 Å². The summed E-state index contributed by atoms with van der Waals surface area (Å²) >= 11 is 0. The predicted molar refractivity (Wildman–Crippen MR) is 162 cm³/mol. The molecule has 3 N–H and O–H groups in total. The van der Waals surface area contributed by atoms with Crippen molar-refractivity contribution in [1.29, 1.82) is 0 Å². The number of hydrogen-bond donors (Lipinski definition) is 3. The predicted octanol–water partition coefficient (Wildman–Crippen LogP) is 1.49. The summed E-state index contributed by atoms with van der Waals surface area (Å²) in [5.74, 6) is -2.09. The number of aliphatic hydroxyl groups excluding tert-OH is 1. The third-order valence-electron chi connectivity index (χ3n) is 6.87. The lowest BCUT2D eigenvalue weighted by Gasteiger charge is -2.30. The van der Waals surface area contributed by atoms with E-state index in [-0.39, 0.29) is 57.1 Å². The van der Waals surface area contributed by atoms with Gasteiger partial charge in [0.05, 0.1) is 18.2 Å². The van der Waals surface area contributed by atoms with Gasteiger partial charge in [-0.15, -0.1) is 0 Å². The molecule has 3 rings (SSSR count). The summed E-state index contributed by atoms with van der Waals surface area (Å²) in [6.45, 7) is 4.91. The largest absolute Gasteiger partial charge is 0.460 e. The van der Waals surface area contributed by atoms with E-state index in [2.05, 4.69) is 10.6 Å². The quantitative estimate of drug-likeness (QED) is 0.215. The van der Waals surface area contributed by atoms with Crippen LogP contribution in [0.25, 0.3) is 6.08 Å². The summed E-state index contributed by atoms with van der Waals surface area (Å²) in [5.41, 5.74) is 0.603. The van der Waals surface area contributed by atoms with Gasteiger partial charge < -0.3 is 39.6 Å². The second-order valence-corrected chi connectivity index (χ2v) is 12.0. The van der Waals surface area contributed by atoms with Crippen molar-refractivity contribution in [2.75, 3.05) is 34.0 Å². The van der Waals surface area contributed by atoms with Gasteiger partial charge in [-0.05, 0) is 57.0 Å². The van der Waals surface area contributed by atoms with Gasteiger partial charge in [-0.3, -0.25) is 19.2 Å². The van der Waals surface area contributed by atoms with Gasteiger partial charge in [0.2, 0.25) is 17.7 Å². The zero-order valence-corrected chi connectivity index (χ0v) is 26.4. The molecule has 4 atom stereocenters. The standard InChI is InChI=1S/C32H43N3O10/c1-32(2,3)45-28(39)12-10-23(18-36)34-26(37)13-14-33-30(40)22-16-24-29(43-19-42-24)25(17-22)44-31(41)21-8-6-7-20(15-21)9-11-27(38)35(4)5/h6-9,11,15-16,23-25,29,36H,10,12-14,17-19H2,1-5H3,(H,33,40)(H,34,37). The first-order chi connectivity index (χ1) is 21.3. The molecule has 1 aliphatic heterocycles. The number of esters is 2. The van der Waals surface area contributed by atoms with Gasteiger partial charge in [-0.2, -0.15) is 0 Å². The summed E-state index contributed by atoms with van der Waals surface area (Å²) in [6, 6.07) is 5.98. The Morgan fingerprint density at radius 3 is 2.58 bits per heavy atom. The Morgan fingerprint density at radius 2 is 1.89 bits per heavy atom. The molecular formula is C32H43N3O10. The van der Waals surface area contributed by atoms with Gasteiger partial charge in [-0.1, -0.05) is 12.1 Å². The van der Waals surface area contributed by atoms with Crippen LogP contribution in [0.2, 0.25) is 0 Å². The van der Waals surface area contributed by atoms with E-state index in [0.29, 0.717) is 11.1 Å². The number of benzene rings is 1. The molecule has 1 fully saturated rings. The van der Waals surface area contributed by atoms with Crippen molar-refractivity contribution in [3.63, 3.8) is 0 Å². The molecule has 2 aliphatic rings. The highest BCUT2D eigenvalue weighted by Gasteiger charge is 2.42. The van der Waals surface area contributed by atoms with Crippen LogP contribution >= 0.6 is 0 Å². The Morgan fingerprint density at radius 1 is 1.13 bits per heavy atom. The number of nitrogens with zero attached hydrogens (tertiary/aromatic N) is 1. The Kier molecular flexibility index (Phi) is 12.8.